The quantitative estimate of drug-likeness (QED) is 0.552. The van der Waals surface area contributed by atoms with Gasteiger partial charge in [0.1, 0.15) is 6.04 Å². The average Bonchev–Trinajstić information content (AvgIpc) is 2.25. The fourth-order valence-electron chi connectivity index (χ4n) is 1.52. The molecular formula is C13H25N3O4. The molecule has 0 spiro atoms. The fourth-order valence-corrected chi connectivity index (χ4v) is 1.52. The molecule has 0 heterocycles. The predicted molar refractivity (Wildman–Crippen MR) is 75.3 cm³/mol. The van der Waals surface area contributed by atoms with Gasteiger partial charge in [-0.25, -0.2) is 4.79 Å². The highest BCUT2D eigenvalue weighted by Crippen LogP contribution is 2.05. The van der Waals surface area contributed by atoms with Crippen molar-refractivity contribution in [3.8, 4) is 0 Å². The van der Waals surface area contributed by atoms with E-state index in [2.05, 4.69) is 16.0 Å². The zero-order chi connectivity index (χ0) is 15.9. The highest BCUT2D eigenvalue weighted by Gasteiger charge is 2.21. The molecule has 7 heteroatoms. The summed E-state index contributed by atoms with van der Waals surface area (Å²) in [6, 6.07) is -1.72. The lowest BCUT2D eigenvalue weighted by Gasteiger charge is -2.22. The molecule has 0 fully saturated rings. The van der Waals surface area contributed by atoms with E-state index in [9.17, 15) is 14.4 Å². The second kappa shape index (κ2) is 8.39. The van der Waals surface area contributed by atoms with Crippen molar-refractivity contribution in [3.05, 3.63) is 0 Å². The summed E-state index contributed by atoms with van der Waals surface area (Å²) >= 11 is 0. The van der Waals surface area contributed by atoms with E-state index in [1.54, 1.807) is 6.92 Å². The molecule has 116 valence electrons. The first-order valence-electron chi connectivity index (χ1n) is 6.72. The second-order valence-corrected chi connectivity index (χ2v) is 5.45. The molecule has 0 aliphatic heterocycles. The molecule has 0 rings (SSSR count). The molecule has 20 heavy (non-hydrogen) atoms. The van der Waals surface area contributed by atoms with Gasteiger partial charge in [0.25, 0.3) is 0 Å². The largest absolute Gasteiger partial charge is 0.481 e. The Hall–Kier alpha value is -1.79. The van der Waals surface area contributed by atoms with Gasteiger partial charge in [0, 0.05) is 12.1 Å². The maximum absolute atomic E-state index is 11.7. The summed E-state index contributed by atoms with van der Waals surface area (Å²) in [5.41, 5.74) is 0. The third-order valence-corrected chi connectivity index (χ3v) is 2.69. The van der Waals surface area contributed by atoms with E-state index < -0.39 is 24.1 Å². The number of aliphatic carboxylic acids is 1. The summed E-state index contributed by atoms with van der Waals surface area (Å²) in [7, 11) is 0. The number of rotatable bonds is 7. The first kappa shape index (κ1) is 18.2. The third-order valence-electron chi connectivity index (χ3n) is 2.69. The molecule has 0 bridgehead atoms. The van der Waals surface area contributed by atoms with Crippen molar-refractivity contribution in [1.29, 1.82) is 0 Å². The third kappa shape index (κ3) is 7.60. The van der Waals surface area contributed by atoms with Gasteiger partial charge in [-0.15, -0.1) is 0 Å². The SMILES string of the molecule is CC(C)NC(=O)C(C)NC(=O)NC(CC(=O)O)C(C)C. The number of hydrogen-bond acceptors (Lipinski definition) is 3. The van der Waals surface area contributed by atoms with Crippen molar-refractivity contribution in [2.45, 2.75) is 59.2 Å². The minimum Gasteiger partial charge on any atom is -0.481 e. The van der Waals surface area contributed by atoms with Crippen molar-refractivity contribution in [2.75, 3.05) is 0 Å². The zero-order valence-electron chi connectivity index (χ0n) is 12.7. The number of hydrogen-bond donors (Lipinski definition) is 4. The molecule has 0 aliphatic carbocycles. The van der Waals surface area contributed by atoms with Gasteiger partial charge < -0.3 is 21.1 Å². The van der Waals surface area contributed by atoms with Gasteiger partial charge in [-0.2, -0.15) is 0 Å². The maximum atomic E-state index is 11.7. The Morgan fingerprint density at radius 3 is 1.90 bits per heavy atom. The molecule has 4 N–H and O–H groups in total. The topological polar surface area (TPSA) is 108 Å². The molecule has 7 nitrogen and oxygen atoms in total. The number of amides is 3. The summed E-state index contributed by atoms with van der Waals surface area (Å²) < 4.78 is 0. The van der Waals surface area contributed by atoms with E-state index in [1.807, 2.05) is 27.7 Å². The number of carboxylic acid groups (broad SMARTS) is 1. The van der Waals surface area contributed by atoms with Crippen LogP contribution >= 0.6 is 0 Å². The van der Waals surface area contributed by atoms with Crippen LogP contribution in [0.1, 0.15) is 41.0 Å². The lowest BCUT2D eigenvalue weighted by molar-refractivity contribution is -0.137. The normalized spacial score (nSPS) is 13.8. The first-order valence-corrected chi connectivity index (χ1v) is 6.72. The molecule has 3 amide bonds. The number of nitrogens with one attached hydrogen (secondary N) is 3. The summed E-state index contributed by atoms with van der Waals surface area (Å²) in [5, 5.41) is 16.5. The van der Waals surface area contributed by atoms with Crippen LogP contribution in [0.15, 0.2) is 0 Å². The monoisotopic (exact) mass is 287 g/mol. The molecule has 0 aliphatic rings. The Bertz CT molecular complexity index is 356. The van der Waals surface area contributed by atoms with Gasteiger partial charge in [0.2, 0.25) is 5.91 Å². The highest BCUT2D eigenvalue weighted by atomic mass is 16.4. The molecule has 0 aromatic carbocycles. The summed E-state index contributed by atoms with van der Waals surface area (Å²) in [4.78, 5) is 34.1. The Morgan fingerprint density at radius 2 is 1.50 bits per heavy atom. The van der Waals surface area contributed by atoms with Gasteiger partial charge >= 0.3 is 12.0 Å². The van der Waals surface area contributed by atoms with Gasteiger partial charge in [0.15, 0.2) is 0 Å². The smallest absolute Gasteiger partial charge is 0.315 e. The second-order valence-electron chi connectivity index (χ2n) is 5.45. The van der Waals surface area contributed by atoms with Crippen LogP contribution in [0, 0.1) is 5.92 Å². The summed E-state index contributed by atoms with van der Waals surface area (Å²) in [6.45, 7) is 8.86. The van der Waals surface area contributed by atoms with Crippen LogP contribution in [0.3, 0.4) is 0 Å². The molecule has 0 aromatic rings. The average molecular weight is 287 g/mol. The van der Waals surface area contributed by atoms with Crippen LogP contribution in [-0.4, -0.2) is 41.1 Å². The summed E-state index contributed by atoms with van der Waals surface area (Å²) in [5.74, 6) is -1.28. The van der Waals surface area contributed by atoms with Crippen LogP contribution in [0.4, 0.5) is 4.79 Å². The molecule has 2 atom stereocenters. The highest BCUT2D eigenvalue weighted by molar-refractivity contribution is 5.87. The van der Waals surface area contributed by atoms with Crippen molar-refractivity contribution in [3.63, 3.8) is 0 Å². The van der Waals surface area contributed by atoms with Crippen molar-refractivity contribution < 1.29 is 19.5 Å². The van der Waals surface area contributed by atoms with Gasteiger partial charge in [-0.05, 0) is 26.7 Å². The van der Waals surface area contributed by atoms with Crippen molar-refractivity contribution in [1.82, 2.24) is 16.0 Å². The Labute approximate surface area is 119 Å². The van der Waals surface area contributed by atoms with Crippen LogP contribution in [-0.2, 0) is 9.59 Å². The number of carbonyl (C=O) groups excluding carboxylic acids is 2. The van der Waals surface area contributed by atoms with Crippen LogP contribution in [0.25, 0.3) is 0 Å². The van der Waals surface area contributed by atoms with Crippen LogP contribution in [0.2, 0.25) is 0 Å². The lowest BCUT2D eigenvalue weighted by atomic mass is 10.0. The molecule has 0 saturated heterocycles. The maximum Gasteiger partial charge on any atom is 0.315 e. The van der Waals surface area contributed by atoms with E-state index in [0.29, 0.717) is 0 Å². The zero-order valence-corrected chi connectivity index (χ0v) is 12.7. The number of carbonyl (C=O) groups is 3. The molecule has 0 radical (unpaired) electrons. The van der Waals surface area contributed by atoms with Crippen molar-refractivity contribution in [2.24, 2.45) is 5.92 Å². The molecule has 0 saturated carbocycles. The number of carboxylic acids is 1. The minimum atomic E-state index is -0.977. The van der Waals surface area contributed by atoms with Crippen LogP contribution in [0.5, 0.6) is 0 Å². The van der Waals surface area contributed by atoms with E-state index in [4.69, 9.17) is 5.11 Å². The molecule has 2 unspecified atom stereocenters. The Morgan fingerprint density at radius 1 is 0.950 bits per heavy atom. The Balaban J connectivity index is 4.38. The van der Waals surface area contributed by atoms with E-state index in [0.717, 1.165) is 0 Å². The van der Waals surface area contributed by atoms with E-state index >= 15 is 0 Å². The van der Waals surface area contributed by atoms with E-state index in [1.165, 1.54) is 0 Å². The van der Waals surface area contributed by atoms with E-state index in [-0.39, 0.29) is 24.3 Å². The summed E-state index contributed by atoms with van der Waals surface area (Å²) in [6.07, 6.45) is -0.155. The minimum absolute atomic E-state index is 0.00904. The fraction of sp³-hybridized carbons (Fsp3) is 0.769. The lowest BCUT2D eigenvalue weighted by Crippen LogP contribution is -2.52. The molecule has 0 aromatic heterocycles. The molecular weight excluding hydrogens is 262 g/mol. The number of urea groups is 1. The Kier molecular flexibility index (Phi) is 7.64. The standard InChI is InChI=1S/C13H25N3O4/c1-7(2)10(6-11(17)18)16-13(20)15-9(5)12(19)14-8(3)4/h7-10H,6H2,1-5H3,(H,14,19)(H,17,18)(H2,15,16,20). The van der Waals surface area contributed by atoms with Crippen molar-refractivity contribution >= 4 is 17.9 Å². The van der Waals surface area contributed by atoms with Gasteiger partial charge in [0.05, 0.1) is 6.42 Å². The van der Waals surface area contributed by atoms with Gasteiger partial charge in [-0.1, -0.05) is 13.8 Å². The first-order chi connectivity index (χ1) is 9.13. The van der Waals surface area contributed by atoms with Gasteiger partial charge in [-0.3, -0.25) is 9.59 Å². The van der Waals surface area contributed by atoms with Crippen LogP contribution < -0.4 is 16.0 Å². The predicted octanol–water partition coefficient (Wildman–Crippen LogP) is 0.698.